The molecule has 0 amide bonds. The van der Waals surface area contributed by atoms with Gasteiger partial charge in [0.15, 0.2) is 5.78 Å². The molecule has 0 heterocycles. The zero-order chi connectivity index (χ0) is 26.9. The van der Waals surface area contributed by atoms with Gasteiger partial charge in [-0.05, 0) is 49.4 Å². The fourth-order valence-electron chi connectivity index (χ4n) is 6.58. The van der Waals surface area contributed by atoms with Crippen LogP contribution in [0.25, 0.3) is 0 Å². The average Bonchev–Trinajstić information content (AvgIpc) is 2.95. The molecule has 3 aromatic rings. The van der Waals surface area contributed by atoms with Crippen LogP contribution in [0.2, 0.25) is 0 Å². The van der Waals surface area contributed by atoms with Crippen molar-refractivity contribution < 1.29 is 23.9 Å². The number of carbonyl (C=O) groups excluding carboxylic acids is 3. The second kappa shape index (κ2) is 10.2. The van der Waals surface area contributed by atoms with Crippen molar-refractivity contribution in [1.29, 1.82) is 0 Å². The molecule has 5 nitrogen and oxygen atoms in total. The molecular weight excluding hydrogens is 476 g/mol. The van der Waals surface area contributed by atoms with Gasteiger partial charge < -0.3 is 9.47 Å². The lowest BCUT2D eigenvalue weighted by Gasteiger charge is -2.63. The summed E-state index contributed by atoms with van der Waals surface area (Å²) in [5.41, 5.74) is 0.309. The Morgan fingerprint density at radius 3 is 1.61 bits per heavy atom. The molecule has 0 aliphatic heterocycles. The third-order valence-corrected chi connectivity index (χ3v) is 9.01. The summed E-state index contributed by atoms with van der Waals surface area (Å²) >= 11 is 0. The molecule has 2 bridgehead atoms. The molecule has 6 rings (SSSR count). The maximum Gasteiger partial charge on any atom is 0.338 e. The highest BCUT2D eigenvalue weighted by Crippen LogP contribution is 2.64. The third kappa shape index (κ3) is 4.44. The Balaban J connectivity index is 1.58. The van der Waals surface area contributed by atoms with E-state index in [-0.39, 0.29) is 17.6 Å². The van der Waals surface area contributed by atoms with E-state index >= 15 is 0 Å². The van der Waals surface area contributed by atoms with Gasteiger partial charge in [0.05, 0.1) is 11.1 Å². The van der Waals surface area contributed by atoms with Gasteiger partial charge in [0.25, 0.3) is 0 Å². The number of ketones is 1. The highest BCUT2D eigenvalue weighted by Gasteiger charge is 2.68. The second-order valence-corrected chi connectivity index (χ2v) is 11.3. The van der Waals surface area contributed by atoms with Crippen molar-refractivity contribution in [3.05, 3.63) is 108 Å². The summed E-state index contributed by atoms with van der Waals surface area (Å²) in [4.78, 5) is 40.7. The van der Waals surface area contributed by atoms with Crippen molar-refractivity contribution in [2.75, 3.05) is 0 Å². The van der Waals surface area contributed by atoms with E-state index in [4.69, 9.17) is 9.47 Å². The number of carbonyl (C=O) groups is 3. The largest absolute Gasteiger partial charge is 0.454 e. The maximum absolute atomic E-state index is 14.0. The van der Waals surface area contributed by atoms with Crippen LogP contribution in [0.15, 0.2) is 91.0 Å². The lowest BCUT2D eigenvalue weighted by molar-refractivity contribution is -0.225. The Kier molecular flexibility index (Phi) is 6.95. The molecule has 38 heavy (non-hydrogen) atoms. The van der Waals surface area contributed by atoms with Gasteiger partial charge in [-0.3, -0.25) is 4.79 Å². The summed E-state index contributed by atoms with van der Waals surface area (Å²) in [5, 5.41) is 0. The molecular formula is C33H34O5. The molecule has 3 fully saturated rings. The summed E-state index contributed by atoms with van der Waals surface area (Å²) in [5.74, 6) is -1.16. The molecule has 5 heteroatoms. The van der Waals surface area contributed by atoms with Crippen molar-refractivity contribution in [2.45, 2.75) is 52.2 Å². The first-order chi connectivity index (χ1) is 18.3. The minimum Gasteiger partial charge on any atom is -0.454 e. The number of rotatable bonds is 7. The van der Waals surface area contributed by atoms with E-state index in [1.807, 2.05) is 49.4 Å². The summed E-state index contributed by atoms with van der Waals surface area (Å²) in [7, 11) is 0. The van der Waals surface area contributed by atoms with Crippen LogP contribution < -0.4 is 0 Å². The highest BCUT2D eigenvalue weighted by molar-refractivity contribution is 5.99. The average molecular weight is 511 g/mol. The van der Waals surface area contributed by atoms with Crippen LogP contribution in [0.5, 0.6) is 0 Å². The molecule has 0 saturated heterocycles. The molecule has 0 radical (unpaired) electrons. The Morgan fingerprint density at radius 2 is 1.13 bits per heavy atom. The molecule has 5 unspecified atom stereocenters. The third-order valence-electron chi connectivity index (χ3n) is 9.01. The predicted octanol–water partition coefficient (Wildman–Crippen LogP) is 6.78. The van der Waals surface area contributed by atoms with Crippen LogP contribution in [0.4, 0.5) is 0 Å². The van der Waals surface area contributed by atoms with Crippen LogP contribution in [-0.2, 0) is 9.47 Å². The number of esters is 2. The lowest BCUT2D eigenvalue weighted by atomic mass is 9.43. The molecule has 3 saturated carbocycles. The van der Waals surface area contributed by atoms with E-state index < -0.39 is 35.0 Å². The first-order valence-corrected chi connectivity index (χ1v) is 13.4. The van der Waals surface area contributed by atoms with Gasteiger partial charge in [-0.15, -0.1) is 0 Å². The zero-order valence-electron chi connectivity index (χ0n) is 22.1. The smallest absolute Gasteiger partial charge is 0.338 e. The van der Waals surface area contributed by atoms with Crippen molar-refractivity contribution in [3.8, 4) is 0 Å². The maximum atomic E-state index is 14.0. The molecule has 0 spiro atoms. The van der Waals surface area contributed by atoms with Gasteiger partial charge in [-0.2, -0.15) is 0 Å². The first-order valence-electron chi connectivity index (χ1n) is 13.4. The Bertz CT molecular complexity index is 1300. The monoisotopic (exact) mass is 510 g/mol. The summed E-state index contributed by atoms with van der Waals surface area (Å²) in [6.45, 7) is 6.24. The Labute approximate surface area is 224 Å². The number of fused-ring (bicyclic) bond motifs is 3. The van der Waals surface area contributed by atoms with E-state index in [2.05, 4.69) is 13.8 Å². The Morgan fingerprint density at radius 1 is 0.684 bits per heavy atom. The summed E-state index contributed by atoms with van der Waals surface area (Å²) < 4.78 is 12.6. The molecule has 5 atom stereocenters. The van der Waals surface area contributed by atoms with Crippen LogP contribution >= 0.6 is 0 Å². The molecule has 196 valence electrons. The van der Waals surface area contributed by atoms with Crippen LogP contribution in [0, 0.1) is 22.7 Å². The van der Waals surface area contributed by atoms with E-state index in [1.54, 1.807) is 48.5 Å². The van der Waals surface area contributed by atoms with Crippen LogP contribution in [0.3, 0.4) is 0 Å². The van der Waals surface area contributed by atoms with Gasteiger partial charge in [0.1, 0.15) is 12.2 Å². The molecule has 0 aromatic heterocycles. The fourth-order valence-corrected chi connectivity index (χ4v) is 6.58. The topological polar surface area (TPSA) is 69.7 Å². The van der Waals surface area contributed by atoms with Crippen molar-refractivity contribution in [2.24, 2.45) is 22.7 Å². The minimum atomic E-state index is -0.773. The number of Topliss-reactive ketones (excluding diaryl/α,β-unsaturated/α-hetero) is 1. The standard InChI is InChI=1S/C33H34O5/c1-22(2)33-20-19-32(3,26(21-33)27(34)23-13-7-4-8-14-23)28(37-30(35)24-15-9-5-10-16-24)29(33)38-31(36)25-17-11-6-12-18-25/h4-18,22,26,28-29H,19-21H2,1-3H3. The van der Waals surface area contributed by atoms with Gasteiger partial charge >= 0.3 is 11.9 Å². The number of ether oxygens (including phenoxy) is 2. The SMILES string of the molecule is CC(C)C12CCC(C)(C(C(=O)c3ccccc3)C1)C(OC(=O)c1ccccc1)C2OC(=O)c1ccccc1. The molecule has 3 aromatic carbocycles. The zero-order valence-corrected chi connectivity index (χ0v) is 22.1. The second-order valence-electron chi connectivity index (χ2n) is 11.3. The van der Waals surface area contributed by atoms with Crippen molar-refractivity contribution in [1.82, 2.24) is 0 Å². The predicted molar refractivity (Wildman–Crippen MR) is 145 cm³/mol. The summed E-state index contributed by atoms with van der Waals surface area (Å²) in [6, 6.07) is 27.0. The normalized spacial score (nSPS) is 28.1. The molecule has 3 aliphatic carbocycles. The number of hydrogen-bond donors (Lipinski definition) is 0. The van der Waals surface area contributed by atoms with Crippen LogP contribution in [-0.4, -0.2) is 29.9 Å². The van der Waals surface area contributed by atoms with Crippen LogP contribution in [0.1, 0.15) is 71.1 Å². The lowest BCUT2D eigenvalue weighted by Crippen LogP contribution is -2.68. The minimum absolute atomic E-state index is 0.0476. The van der Waals surface area contributed by atoms with Gasteiger partial charge in [0.2, 0.25) is 0 Å². The van der Waals surface area contributed by atoms with Gasteiger partial charge in [-0.1, -0.05) is 87.5 Å². The highest BCUT2D eigenvalue weighted by atomic mass is 16.6. The Hall–Kier alpha value is -3.73. The van der Waals surface area contributed by atoms with E-state index in [9.17, 15) is 14.4 Å². The van der Waals surface area contributed by atoms with E-state index in [0.29, 0.717) is 29.5 Å². The van der Waals surface area contributed by atoms with E-state index in [0.717, 1.165) is 6.42 Å². The van der Waals surface area contributed by atoms with Crippen molar-refractivity contribution in [3.63, 3.8) is 0 Å². The van der Waals surface area contributed by atoms with Gasteiger partial charge in [-0.25, -0.2) is 9.59 Å². The number of hydrogen-bond acceptors (Lipinski definition) is 5. The van der Waals surface area contributed by atoms with Gasteiger partial charge in [0, 0.05) is 22.3 Å². The first kappa shape index (κ1) is 25.9. The number of benzene rings is 3. The quantitative estimate of drug-likeness (QED) is 0.259. The van der Waals surface area contributed by atoms with E-state index in [1.165, 1.54) is 0 Å². The van der Waals surface area contributed by atoms with Crippen molar-refractivity contribution >= 4 is 17.7 Å². The summed E-state index contributed by atoms with van der Waals surface area (Å²) in [6.07, 6.45) is 0.597. The molecule has 0 N–H and O–H groups in total. The fraction of sp³-hybridized carbons (Fsp3) is 0.364. The molecule has 3 aliphatic rings.